The number of carbonyl (C=O) groups excluding carboxylic acids is 1. The second kappa shape index (κ2) is 10.4. The molecule has 0 saturated heterocycles. The van der Waals surface area contributed by atoms with E-state index in [-0.39, 0.29) is 5.91 Å². The van der Waals surface area contributed by atoms with E-state index in [2.05, 4.69) is 5.32 Å². The number of methoxy groups -OCH3 is 5. The summed E-state index contributed by atoms with van der Waals surface area (Å²) in [5.41, 5.74) is 2.04. The molecule has 7 nitrogen and oxygen atoms in total. The fourth-order valence-corrected chi connectivity index (χ4v) is 3.46. The van der Waals surface area contributed by atoms with Crippen molar-refractivity contribution in [2.24, 2.45) is 0 Å². The quantitative estimate of drug-likeness (QED) is 0.540. The van der Waals surface area contributed by atoms with Gasteiger partial charge in [-0.15, -0.1) is 0 Å². The van der Waals surface area contributed by atoms with Gasteiger partial charge in [0, 0.05) is 0 Å². The van der Waals surface area contributed by atoms with Gasteiger partial charge in [-0.2, -0.15) is 0 Å². The molecule has 0 aliphatic rings. The summed E-state index contributed by atoms with van der Waals surface area (Å²) in [6.07, 6.45) is 0. The Morgan fingerprint density at radius 1 is 0.625 bits per heavy atom. The van der Waals surface area contributed by atoms with Crippen LogP contribution in [0.1, 0.15) is 27.5 Å². The van der Waals surface area contributed by atoms with Crippen LogP contribution in [0, 0.1) is 0 Å². The maximum absolute atomic E-state index is 13.2. The summed E-state index contributed by atoms with van der Waals surface area (Å²) < 4.78 is 27.0. The number of carbonyl (C=O) groups is 1. The van der Waals surface area contributed by atoms with Crippen LogP contribution in [0.25, 0.3) is 0 Å². The SMILES string of the molecule is COc1ccc(C(NC(=O)c2ccccc2OC)c2ccc(OC)c(OC)c2)cc1OC. The van der Waals surface area contributed by atoms with Gasteiger partial charge >= 0.3 is 0 Å². The fourth-order valence-electron chi connectivity index (χ4n) is 3.46. The summed E-state index contributed by atoms with van der Waals surface area (Å²) in [5, 5.41) is 3.11. The molecular weight excluding hydrogens is 410 g/mol. The van der Waals surface area contributed by atoms with Gasteiger partial charge in [-0.25, -0.2) is 0 Å². The van der Waals surface area contributed by atoms with E-state index in [4.69, 9.17) is 23.7 Å². The highest BCUT2D eigenvalue weighted by Crippen LogP contribution is 2.36. The third kappa shape index (κ3) is 4.72. The summed E-state index contributed by atoms with van der Waals surface area (Å²) in [5.74, 6) is 2.51. The lowest BCUT2D eigenvalue weighted by atomic mass is 9.97. The van der Waals surface area contributed by atoms with Crippen LogP contribution >= 0.6 is 0 Å². The van der Waals surface area contributed by atoms with Gasteiger partial charge in [0.25, 0.3) is 5.91 Å². The Morgan fingerprint density at radius 2 is 1.09 bits per heavy atom. The maximum atomic E-state index is 13.2. The Bertz CT molecular complexity index is 1030. The highest BCUT2D eigenvalue weighted by molar-refractivity contribution is 5.97. The summed E-state index contributed by atoms with van der Waals surface area (Å²) >= 11 is 0. The van der Waals surface area contributed by atoms with Crippen LogP contribution in [0.2, 0.25) is 0 Å². The number of hydrogen-bond acceptors (Lipinski definition) is 6. The van der Waals surface area contributed by atoms with E-state index < -0.39 is 6.04 Å². The van der Waals surface area contributed by atoms with Gasteiger partial charge in [-0.05, 0) is 47.5 Å². The number of rotatable bonds is 9. The van der Waals surface area contributed by atoms with Crippen LogP contribution < -0.4 is 29.0 Å². The van der Waals surface area contributed by atoms with Gasteiger partial charge in [-0.1, -0.05) is 24.3 Å². The minimum Gasteiger partial charge on any atom is -0.496 e. The second-order valence-electron chi connectivity index (χ2n) is 6.84. The molecule has 1 amide bonds. The average molecular weight is 437 g/mol. The monoisotopic (exact) mass is 437 g/mol. The predicted octanol–water partition coefficient (Wildman–Crippen LogP) is 4.25. The first-order valence-electron chi connectivity index (χ1n) is 9.94. The molecular formula is C25H27NO6. The number of amides is 1. The molecule has 0 radical (unpaired) electrons. The van der Waals surface area contributed by atoms with E-state index in [1.54, 1.807) is 58.8 Å². The molecule has 0 unspecified atom stereocenters. The van der Waals surface area contributed by atoms with Crippen molar-refractivity contribution in [3.8, 4) is 28.7 Å². The molecule has 0 saturated carbocycles. The van der Waals surface area contributed by atoms with Gasteiger partial charge in [-0.3, -0.25) is 4.79 Å². The zero-order valence-electron chi connectivity index (χ0n) is 18.8. The van der Waals surface area contributed by atoms with Gasteiger partial charge < -0.3 is 29.0 Å². The van der Waals surface area contributed by atoms with E-state index in [0.29, 0.717) is 34.3 Å². The van der Waals surface area contributed by atoms with Crippen molar-refractivity contribution in [2.45, 2.75) is 6.04 Å². The molecule has 1 N–H and O–H groups in total. The second-order valence-corrected chi connectivity index (χ2v) is 6.84. The molecule has 3 aromatic carbocycles. The molecule has 0 atom stereocenters. The lowest BCUT2D eigenvalue weighted by molar-refractivity contribution is 0.0940. The summed E-state index contributed by atoms with van der Waals surface area (Å²) in [6, 6.07) is 17.6. The standard InChI is InChI=1S/C25H27NO6/c1-28-19-9-7-6-8-18(19)25(27)26-24(16-10-12-20(29-2)22(14-16)31-4)17-11-13-21(30-3)23(15-17)32-5/h6-15,24H,1-5H3,(H,26,27). The van der Waals surface area contributed by atoms with Crippen molar-refractivity contribution in [1.82, 2.24) is 5.32 Å². The van der Waals surface area contributed by atoms with Crippen molar-refractivity contribution in [1.29, 1.82) is 0 Å². The first-order valence-corrected chi connectivity index (χ1v) is 9.94. The Balaban J connectivity index is 2.08. The predicted molar refractivity (Wildman–Crippen MR) is 121 cm³/mol. The third-order valence-electron chi connectivity index (χ3n) is 5.11. The first kappa shape index (κ1) is 22.8. The van der Waals surface area contributed by atoms with Crippen LogP contribution in [0.4, 0.5) is 0 Å². The largest absolute Gasteiger partial charge is 0.496 e. The van der Waals surface area contributed by atoms with Crippen molar-refractivity contribution in [3.63, 3.8) is 0 Å². The number of nitrogens with one attached hydrogen (secondary N) is 1. The molecule has 0 spiro atoms. The van der Waals surface area contributed by atoms with Gasteiger partial charge in [0.05, 0.1) is 47.2 Å². The van der Waals surface area contributed by atoms with Crippen molar-refractivity contribution in [3.05, 3.63) is 77.4 Å². The number of benzene rings is 3. The maximum Gasteiger partial charge on any atom is 0.255 e. The number of hydrogen-bond donors (Lipinski definition) is 1. The summed E-state index contributed by atoms with van der Waals surface area (Å²) in [7, 11) is 7.83. The zero-order chi connectivity index (χ0) is 23.1. The van der Waals surface area contributed by atoms with E-state index in [9.17, 15) is 4.79 Å². The molecule has 3 aromatic rings. The zero-order valence-corrected chi connectivity index (χ0v) is 18.8. The Morgan fingerprint density at radius 3 is 1.56 bits per heavy atom. The Kier molecular flexibility index (Phi) is 7.44. The van der Waals surface area contributed by atoms with Crippen molar-refractivity contribution in [2.75, 3.05) is 35.5 Å². The molecule has 3 rings (SSSR count). The minimum atomic E-state index is -0.507. The van der Waals surface area contributed by atoms with Crippen LogP contribution in [0.15, 0.2) is 60.7 Å². The molecule has 0 heterocycles. The number of para-hydroxylation sites is 1. The average Bonchev–Trinajstić information content (AvgIpc) is 2.86. The van der Waals surface area contributed by atoms with E-state index in [1.165, 1.54) is 7.11 Å². The molecule has 0 aliphatic carbocycles. The lowest BCUT2D eigenvalue weighted by Gasteiger charge is -2.22. The van der Waals surface area contributed by atoms with E-state index in [0.717, 1.165) is 11.1 Å². The highest BCUT2D eigenvalue weighted by Gasteiger charge is 2.22. The third-order valence-corrected chi connectivity index (χ3v) is 5.11. The Labute approximate surface area is 187 Å². The minimum absolute atomic E-state index is 0.281. The molecule has 32 heavy (non-hydrogen) atoms. The van der Waals surface area contributed by atoms with Crippen molar-refractivity contribution < 1.29 is 28.5 Å². The van der Waals surface area contributed by atoms with Gasteiger partial charge in [0.1, 0.15) is 5.75 Å². The molecule has 0 fully saturated rings. The van der Waals surface area contributed by atoms with E-state index >= 15 is 0 Å². The van der Waals surface area contributed by atoms with Crippen LogP contribution in [0.5, 0.6) is 28.7 Å². The van der Waals surface area contributed by atoms with Gasteiger partial charge in [0.15, 0.2) is 23.0 Å². The van der Waals surface area contributed by atoms with Crippen molar-refractivity contribution >= 4 is 5.91 Å². The fraction of sp³-hybridized carbons (Fsp3) is 0.240. The van der Waals surface area contributed by atoms with Gasteiger partial charge in [0.2, 0.25) is 0 Å². The number of ether oxygens (including phenoxy) is 5. The smallest absolute Gasteiger partial charge is 0.255 e. The first-order chi connectivity index (χ1) is 15.6. The molecule has 0 aromatic heterocycles. The molecule has 0 bridgehead atoms. The van der Waals surface area contributed by atoms with Crippen LogP contribution in [-0.4, -0.2) is 41.5 Å². The van der Waals surface area contributed by atoms with Crippen LogP contribution in [-0.2, 0) is 0 Å². The lowest BCUT2D eigenvalue weighted by Crippen LogP contribution is -2.29. The molecule has 0 aliphatic heterocycles. The molecule has 168 valence electrons. The van der Waals surface area contributed by atoms with Crippen LogP contribution in [0.3, 0.4) is 0 Å². The Hall–Kier alpha value is -3.87. The topological polar surface area (TPSA) is 75.3 Å². The highest BCUT2D eigenvalue weighted by atomic mass is 16.5. The normalized spacial score (nSPS) is 10.4. The molecule has 7 heteroatoms. The van der Waals surface area contributed by atoms with E-state index in [1.807, 2.05) is 30.3 Å². The summed E-state index contributed by atoms with van der Waals surface area (Å²) in [6.45, 7) is 0. The summed E-state index contributed by atoms with van der Waals surface area (Å²) in [4.78, 5) is 13.2.